The van der Waals surface area contributed by atoms with Gasteiger partial charge >= 0.3 is 0 Å². The van der Waals surface area contributed by atoms with Crippen molar-refractivity contribution in [3.63, 3.8) is 0 Å². The van der Waals surface area contributed by atoms with E-state index in [-0.39, 0.29) is 5.56 Å². The number of hydrogen-bond acceptors (Lipinski definition) is 3. The van der Waals surface area contributed by atoms with E-state index in [1.807, 2.05) is 12.1 Å². The van der Waals surface area contributed by atoms with Crippen LogP contribution in [0.3, 0.4) is 0 Å². The molecule has 0 aliphatic carbocycles. The zero-order chi connectivity index (χ0) is 11.4. The van der Waals surface area contributed by atoms with E-state index < -0.39 is 0 Å². The molecule has 0 spiro atoms. The molecular weight excluding hydrogens is 202 g/mol. The highest BCUT2D eigenvalue weighted by Gasteiger charge is 2.09. The van der Waals surface area contributed by atoms with E-state index in [1.165, 1.54) is 4.73 Å². The highest BCUT2D eigenvalue weighted by Crippen LogP contribution is 2.21. The summed E-state index contributed by atoms with van der Waals surface area (Å²) in [5.74, 6) is 0.373. The molecule has 0 amide bonds. The number of nitriles is 2. The zero-order valence-electron chi connectivity index (χ0n) is 8.29. The van der Waals surface area contributed by atoms with E-state index in [9.17, 15) is 0 Å². The molecule has 16 heavy (non-hydrogen) atoms. The molecule has 0 bridgehead atoms. The minimum Gasteiger partial charge on any atom is -0.374 e. The summed E-state index contributed by atoms with van der Waals surface area (Å²) in [6, 6.07) is 12.4. The van der Waals surface area contributed by atoms with Gasteiger partial charge in [0.15, 0.2) is 5.75 Å². The molecule has 2 rings (SSSR count). The standard InChI is InChI=1S/C12H7N3O/c13-8-10-4-3-5-12(11(10)9-14)16-15-6-1-2-7-15/h1-7H. The van der Waals surface area contributed by atoms with Gasteiger partial charge in [-0.05, 0) is 24.3 Å². The summed E-state index contributed by atoms with van der Waals surface area (Å²) in [6.07, 6.45) is 3.42. The minimum atomic E-state index is 0.249. The van der Waals surface area contributed by atoms with Crippen molar-refractivity contribution in [2.24, 2.45) is 0 Å². The van der Waals surface area contributed by atoms with Crippen molar-refractivity contribution in [2.45, 2.75) is 0 Å². The quantitative estimate of drug-likeness (QED) is 0.760. The molecule has 0 radical (unpaired) electrons. The molecule has 0 aliphatic heterocycles. The average Bonchev–Trinajstić information content (AvgIpc) is 2.81. The Kier molecular flexibility index (Phi) is 2.58. The predicted molar refractivity (Wildman–Crippen MR) is 56.3 cm³/mol. The van der Waals surface area contributed by atoms with Crippen LogP contribution >= 0.6 is 0 Å². The van der Waals surface area contributed by atoms with Crippen LogP contribution in [0.2, 0.25) is 0 Å². The normalized spacial score (nSPS) is 9.12. The second-order valence-electron chi connectivity index (χ2n) is 3.04. The molecule has 0 aliphatic rings. The molecule has 4 nitrogen and oxygen atoms in total. The Balaban J connectivity index is 2.43. The fourth-order valence-corrected chi connectivity index (χ4v) is 1.31. The lowest BCUT2D eigenvalue weighted by Gasteiger charge is -2.07. The highest BCUT2D eigenvalue weighted by molar-refractivity contribution is 5.53. The second kappa shape index (κ2) is 4.20. The molecule has 1 aromatic carbocycles. The second-order valence-corrected chi connectivity index (χ2v) is 3.04. The van der Waals surface area contributed by atoms with Gasteiger partial charge in [0.2, 0.25) is 0 Å². The predicted octanol–water partition coefficient (Wildman–Crippen LogP) is 2.07. The Morgan fingerprint density at radius 1 is 1.00 bits per heavy atom. The van der Waals surface area contributed by atoms with E-state index in [0.717, 1.165) is 0 Å². The third kappa shape index (κ3) is 1.73. The van der Waals surface area contributed by atoms with Gasteiger partial charge in [-0.15, -0.1) is 0 Å². The lowest BCUT2D eigenvalue weighted by atomic mass is 10.1. The third-order valence-electron chi connectivity index (χ3n) is 2.04. The first-order valence-corrected chi connectivity index (χ1v) is 4.59. The summed E-state index contributed by atoms with van der Waals surface area (Å²) >= 11 is 0. The maximum Gasteiger partial charge on any atom is 0.174 e. The summed E-state index contributed by atoms with van der Waals surface area (Å²) in [5.41, 5.74) is 0.561. The van der Waals surface area contributed by atoms with Crippen LogP contribution in [0, 0.1) is 22.7 Å². The molecule has 0 fully saturated rings. The molecule has 76 valence electrons. The van der Waals surface area contributed by atoms with Gasteiger partial charge in [0.25, 0.3) is 0 Å². The zero-order valence-corrected chi connectivity index (χ0v) is 8.29. The molecule has 4 heteroatoms. The van der Waals surface area contributed by atoms with Gasteiger partial charge < -0.3 is 4.84 Å². The highest BCUT2D eigenvalue weighted by atomic mass is 16.7. The van der Waals surface area contributed by atoms with Crippen molar-refractivity contribution in [2.75, 3.05) is 0 Å². The lowest BCUT2D eigenvalue weighted by molar-refractivity contribution is 0.216. The minimum absolute atomic E-state index is 0.249. The van der Waals surface area contributed by atoms with Crippen molar-refractivity contribution >= 4 is 0 Å². The van der Waals surface area contributed by atoms with Crippen molar-refractivity contribution < 1.29 is 4.84 Å². The molecule has 2 aromatic rings. The van der Waals surface area contributed by atoms with Crippen molar-refractivity contribution in [1.82, 2.24) is 4.73 Å². The first-order valence-electron chi connectivity index (χ1n) is 4.59. The van der Waals surface area contributed by atoms with Gasteiger partial charge in [0.1, 0.15) is 17.7 Å². The first-order chi connectivity index (χ1) is 7.85. The number of nitrogens with zero attached hydrogens (tertiary/aromatic N) is 3. The Morgan fingerprint density at radius 2 is 1.75 bits per heavy atom. The van der Waals surface area contributed by atoms with E-state index in [2.05, 4.69) is 0 Å². The van der Waals surface area contributed by atoms with Crippen LogP contribution in [-0.4, -0.2) is 4.73 Å². The smallest absolute Gasteiger partial charge is 0.174 e. The molecule has 1 aromatic heterocycles. The van der Waals surface area contributed by atoms with Gasteiger partial charge in [-0.1, -0.05) is 6.07 Å². The number of hydrogen-bond donors (Lipinski definition) is 0. The summed E-state index contributed by atoms with van der Waals surface area (Å²) in [7, 11) is 0. The molecular formula is C12H7N3O. The molecule has 0 N–H and O–H groups in total. The first kappa shape index (κ1) is 9.82. The van der Waals surface area contributed by atoms with Crippen molar-refractivity contribution in [3.05, 3.63) is 53.9 Å². The number of aromatic nitrogens is 1. The maximum atomic E-state index is 8.97. The van der Waals surface area contributed by atoms with E-state index in [1.54, 1.807) is 42.7 Å². The van der Waals surface area contributed by atoms with Crippen LogP contribution in [0.1, 0.15) is 11.1 Å². The Labute approximate surface area is 92.5 Å². The monoisotopic (exact) mass is 209 g/mol. The van der Waals surface area contributed by atoms with Crippen LogP contribution in [0.15, 0.2) is 42.7 Å². The van der Waals surface area contributed by atoms with Crippen LogP contribution in [0.4, 0.5) is 0 Å². The fourth-order valence-electron chi connectivity index (χ4n) is 1.31. The Morgan fingerprint density at radius 3 is 2.38 bits per heavy atom. The third-order valence-corrected chi connectivity index (χ3v) is 2.04. The summed E-state index contributed by atoms with van der Waals surface area (Å²) in [4.78, 5) is 5.43. The van der Waals surface area contributed by atoms with Crippen LogP contribution in [0.5, 0.6) is 5.75 Å². The summed E-state index contributed by atoms with van der Waals surface area (Å²) in [6.45, 7) is 0. The summed E-state index contributed by atoms with van der Waals surface area (Å²) < 4.78 is 1.47. The topological polar surface area (TPSA) is 61.7 Å². The SMILES string of the molecule is N#Cc1cccc(On2cccc2)c1C#N. The largest absolute Gasteiger partial charge is 0.374 e. The van der Waals surface area contributed by atoms with E-state index in [0.29, 0.717) is 11.3 Å². The Bertz CT molecular complexity index is 573. The molecule has 0 saturated heterocycles. The molecule has 0 saturated carbocycles. The van der Waals surface area contributed by atoms with Gasteiger partial charge in [-0.25, -0.2) is 0 Å². The van der Waals surface area contributed by atoms with Crippen molar-refractivity contribution in [1.29, 1.82) is 10.5 Å². The molecule has 1 heterocycles. The number of rotatable bonds is 2. The van der Waals surface area contributed by atoms with Crippen molar-refractivity contribution in [3.8, 4) is 17.9 Å². The molecule has 0 unspecified atom stereocenters. The van der Waals surface area contributed by atoms with Gasteiger partial charge in [-0.3, -0.25) is 0 Å². The van der Waals surface area contributed by atoms with E-state index >= 15 is 0 Å². The van der Waals surface area contributed by atoms with Crippen LogP contribution in [0.25, 0.3) is 0 Å². The van der Waals surface area contributed by atoms with Gasteiger partial charge in [-0.2, -0.15) is 15.3 Å². The van der Waals surface area contributed by atoms with Gasteiger partial charge in [0.05, 0.1) is 5.56 Å². The number of benzene rings is 1. The van der Waals surface area contributed by atoms with Crippen LogP contribution < -0.4 is 4.84 Å². The maximum absolute atomic E-state index is 8.97. The van der Waals surface area contributed by atoms with Crippen LogP contribution in [-0.2, 0) is 0 Å². The van der Waals surface area contributed by atoms with E-state index in [4.69, 9.17) is 15.4 Å². The molecule has 0 atom stereocenters. The fraction of sp³-hybridized carbons (Fsp3) is 0. The summed E-state index contributed by atoms with van der Waals surface area (Å²) in [5, 5.41) is 17.8. The Hall–Kier alpha value is -2.72. The van der Waals surface area contributed by atoms with Gasteiger partial charge in [0, 0.05) is 12.4 Å². The average molecular weight is 209 g/mol. The lowest BCUT2D eigenvalue weighted by Crippen LogP contribution is -2.03.